The molecule has 3 unspecified atom stereocenters. The van der Waals surface area contributed by atoms with Gasteiger partial charge in [0.25, 0.3) is 0 Å². The standard InChI is InChI=1S/C17H28N4OS/c1-17(2,3)14-10-23-15(21-14)7-8-19-16(18-4)20-12-9-11-5-6-13(12)22-11/h10-13H,5-9H2,1-4H3,(H2,18,19,20). The molecule has 128 valence electrons. The number of ether oxygens (including phenoxy) is 1. The summed E-state index contributed by atoms with van der Waals surface area (Å²) in [5.41, 5.74) is 1.31. The summed E-state index contributed by atoms with van der Waals surface area (Å²) < 4.78 is 5.89. The predicted octanol–water partition coefficient (Wildman–Crippen LogP) is 2.47. The first-order valence-corrected chi connectivity index (χ1v) is 9.41. The lowest BCUT2D eigenvalue weighted by atomic mass is 9.93. The minimum atomic E-state index is 0.127. The van der Waals surface area contributed by atoms with Crippen LogP contribution in [-0.4, -0.2) is 42.8 Å². The SMILES string of the molecule is CN=C(NCCc1nc(C(C)(C)C)cs1)NC1CC2CCC1O2. The monoisotopic (exact) mass is 336 g/mol. The Bertz CT molecular complexity index is 563. The maximum Gasteiger partial charge on any atom is 0.191 e. The molecule has 2 fully saturated rings. The number of hydrogen-bond donors (Lipinski definition) is 2. The van der Waals surface area contributed by atoms with Crippen molar-refractivity contribution in [3.63, 3.8) is 0 Å². The van der Waals surface area contributed by atoms with Crippen molar-refractivity contribution in [2.75, 3.05) is 13.6 Å². The van der Waals surface area contributed by atoms with Crippen LogP contribution in [0.2, 0.25) is 0 Å². The van der Waals surface area contributed by atoms with Gasteiger partial charge in [0.1, 0.15) is 0 Å². The summed E-state index contributed by atoms with van der Waals surface area (Å²) in [4.78, 5) is 9.07. The molecule has 2 aliphatic rings. The Kier molecular flexibility index (Phi) is 4.92. The molecule has 3 rings (SSSR count). The Morgan fingerprint density at radius 3 is 2.83 bits per heavy atom. The van der Waals surface area contributed by atoms with Crippen molar-refractivity contribution in [1.29, 1.82) is 0 Å². The number of thiazole rings is 1. The van der Waals surface area contributed by atoms with Crippen LogP contribution in [0.5, 0.6) is 0 Å². The van der Waals surface area contributed by atoms with E-state index in [0.29, 0.717) is 18.2 Å². The van der Waals surface area contributed by atoms with Crippen LogP contribution in [0.3, 0.4) is 0 Å². The molecular weight excluding hydrogens is 308 g/mol. The number of guanidine groups is 1. The lowest BCUT2D eigenvalue weighted by molar-refractivity contribution is 0.0992. The van der Waals surface area contributed by atoms with Gasteiger partial charge >= 0.3 is 0 Å². The van der Waals surface area contributed by atoms with E-state index in [-0.39, 0.29) is 5.41 Å². The minimum absolute atomic E-state index is 0.127. The Balaban J connectivity index is 1.44. The van der Waals surface area contributed by atoms with Crippen molar-refractivity contribution < 1.29 is 4.74 Å². The number of aliphatic imine (C=N–C) groups is 1. The predicted molar refractivity (Wildman–Crippen MR) is 95.3 cm³/mol. The Morgan fingerprint density at radius 1 is 1.43 bits per heavy atom. The van der Waals surface area contributed by atoms with Gasteiger partial charge in [-0.3, -0.25) is 4.99 Å². The fraction of sp³-hybridized carbons (Fsp3) is 0.765. The molecule has 3 atom stereocenters. The number of hydrogen-bond acceptors (Lipinski definition) is 4. The zero-order chi connectivity index (χ0) is 16.4. The molecule has 2 aliphatic heterocycles. The van der Waals surface area contributed by atoms with Crippen molar-refractivity contribution in [1.82, 2.24) is 15.6 Å². The fourth-order valence-electron chi connectivity index (χ4n) is 3.22. The van der Waals surface area contributed by atoms with E-state index >= 15 is 0 Å². The summed E-state index contributed by atoms with van der Waals surface area (Å²) in [6.45, 7) is 7.45. The van der Waals surface area contributed by atoms with Gasteiger partial charge in [-0.2, -0.15) is 0 Å². The summed E-state index contributed by atoms with van der Waals surface area (Å²) in [5, 5.41) is 10.3. The van der Waals surface area contributed by atoms with E-state index in [1.54, 1.807) is 11.3 Å². The fourth-order valence-corrected chi connectivity index (χ4v) is 4.24. The molecule has 0 saturated carbocycles. The zero-order valence-corrected chi connectivity index (χ0v) is 15.4. The largest absolute Gasteiger partial charge is 0.373 e. The number of rotatable bonds is 4. The second-order valence-corrected chi connectivity index (χ2v) is 8.43. The van der Waals surface area contributed by atoms with Gasteiger partial charge in [0.2, 0.25) is 0 Å². The maximum absolute atomic E-state index is 5.89. The second-order valence-electron chi connectivity index (χ2n) is 7.49. The Morgan fingerprint density at radius 2 is 2.26 bits per heavy atom. The molecule has 2 saturated heterocycles. The van der Waals surface area contributed by atoms with Crippen LogP contribution in [0, 0.1) is 0 Å². The van der Waals surface area contributed by atoms with Gasteiger partial charge in [0.05, 0.1) is 29.0 Å². The molecule has 5 nitrogen and oxygen atoms in total. The molecule has 2 bridgehead atoms. The van der Waals surface area contributed by atoms with Crippen LogP contribution in [-0.2, 0) is 16.6 Å². The first kappa shape index (κ1) is 16.7. The summed E-state index contributed by atoms with van der Waals surface area (Å²) in [5.74, 6) is 0.874. The molecule has 23 heavy (non-hydrogen) atoms. The van der Waals surface area contributed by atoms with E-state index in [1.807, 2.05) is 7.05 Å². The average Bonchev–Trinajstić information content (AvgIpc) is 3.21. The van der Waals surface area contributed by atoms with E-state index in [0.717, 1.165) is 25.3 Å². The van der Waals surface area contributed by atoms with Crippen molar-refractivity contribution in [2.45, 2.75) is 70.1 Å². The van der Waals surface area contributed by atoms with Crippen LogP contribution >= 0.6 is 11.3 Å². The highest BCUT2D eigenvalue weighted by atomic mass is 32.1. The molecular formula is C17H28N4OS. The smallest absolute Gasteiger partial charge is 0.191 e. The van der Waals surface area contributed by atoms with Gasteiger partial charge in [-0.05, 0) is 19.3 Å². The third-order valence-corrected chi connectivity index (χ3v) is 5.51. The highest BCUT2D eigenvalue weighted by Crippen LogP contribution is 2.34. The van der Waals surface area contributed by atoms with Crippen LogP contribution in [0.25, 0.3) is 0 Å². The molecule has 0 amide bonds. The van der Waals surface area contributed by atoms with E-state index in [1.165, 1.54) is 23.5 Å². The number of nitrogens with one attached hydrogen (secondary N) is 2. The molecule has 0 radical (unpaired) electrons. The number of nitrogens with zero attached hydrogens (tertiary/aromatic N) is 2. The molecule has 1 aromatic heterocycles. The van der Waals surface area contributed by atoms with Crippen LogP contribution in [0.15, 0.2) is 10.4 Å². The molecule has 6 heteroatoms. The van der Waals surface area contributed by atoms with Gasteiger partial charge in [-0.1, -0.05) is 20.8 Å². The molecule has 2 N–H and O–H groups in total. The van der Waals surface area contributed by atoms with E-state index in [4.69, 9.17) is 9.72 Å². The van der Waals surface area contributed by atoms with Crippen molar-refractivity contribution >= 4 is 17.3 Å². The van der Waals surface area contributed by atoms with Gasteiger partial charge in [0, 0.05) is 30.8 Å². The summed E-state index contributed by atoms with van der Waals surface area (Å²) in [6.07, 6.45) is 5.25. The molecule has 0 spiro atoms. The van der Waals surface area contributed by atoms with Gasteiger partial charge < -0.3 is 15.4 Å². The van der Waals surface area contributed by atoms with E-state index in [2.05, 4.69) is 41.8 Å². The third-order valence-electron chi connectivity index (χ3n) is 4.60. The first-order valence-electron chi connectivity index (χ1n) is 8.53. The van der Waals surface area contributed by atoms with Crippen LogP contribution < -0.4 is 10.6 Å². The summed E-state index contributed by atoms with van der Waals surface area (Å²) in [6, 6.07) is 0.410. The molecule has 0 aromatic carbocycles. The highest BCUT2D eigenvalue weighted by molar-refractivity contribution is 7.09. The normalized spacial score (nSPS) is 27.5. The van der Waals surface area contributed by atoms with Crippen LogP contribution in [0.4, 0.5) is 0 Å². The summed E-state index contributed by atoms with van der Waals surface area (Å²) >= 11 is 1.75. The molecule has 1 aromatic rings. The second kappa shape index (κ2) is 6.77. The van der Waals surface area contributed by atoms with Crippen LogP contribution in [0.1, 0.15) is 50.7 Å². The van der Waals surface area contributed by atoms with Crippen molar-refractivity contribution in [3.05, 3.63) is 16.1 Å². The highest BCUT2D eigenvalue weighted by Gasteiger charge is 2.41. The maximum atomic E-state index is 5.89. The first-order chi connectivity index (χ1) is 11.0. The molecule has 0 aliphatic carbocycles. The third kappa shape index (κ3) is 4.04. The van der Waals surface area contributed by atoms with Gasteiger partial charge in [0.15, 0.2) is 5.96 Å². The van der Waals surface area contributed by atoms with E-state index in [9.17, 15) is 0 Å². The van der Waals surface area contributed by atoms with Gasteiger partial charge in [-0.15, -0.1) is 11.3 Å². The number of fused-ring (bicyclic) bond motifs is 2. The Hall–Kier alpha value is -1.14. The minimum Gasteiger partial charge on any atom is -0.373 e. The quantitative estimate of drug-likeness (QED) is 0.655. The number of aromatic nitrogens is 1. The average molecular weight is 337 g/mol. The Labute approximate surface area is 142 Å². The zero-order valence-electron chi connectivity index (χ0n) is 14.6. The topological polar surface area (TPSA) is 58.5 Å². The lowest BCUT2D eigenvalue weighted by Crippen LogP contribution is -2.47. The van der Waals surface area contributed by atoms with Gasteiger partial charge in [-0.25, -0.2) is 4.98 Å². The van der Waals surface area contributed by atoms with Crippen molar-refractivity contribution in [3.8, 4) is 0 Å². The molecule has 3 heterocycles. The summed E-state index contributed by atoms with van der Waals surface area (Å²) in [7, 11) is 1.82. The lowest BCUT2D eigenvalue weighted by Gasteiger charge is -2.22. The van der Waals surface area contributed by atoms with Crippen molar-refractivity contribution in [2.24, 2.45) is 4.99 Å². The van der Waals surface area contributed by atoms with E-state index < -0.39 is 0 Å².